The Morgan fingerprint density at radius 3 is 2.38 bits per heavy atom. The average molecular weight is 402 g/mol. The standard InChI is InChI=1S/C24H23BO3S/c1-23(2)24(3,4)28-25(27-23)17-13-16-14-9-5-7-11-18(14)26-21(16)20-15-10-6-8-12-19(15)29-22(17)20/h5-13,16,21H,1-4H3. The van der Waals surface area contributed by atoms with Gasteiger partial charge in [-0.2, -0.15) is 0 Å². The number of fused-ring (bicyclic) bond motifs is 7. The van der Waals surface area contributed by atoms with E-state index in [4.69, 9.17) is 14.0 Å². The predicted octanol–water partition coefficient (Wildman–Crippen LogP) is 6.15. The number of ether oxygens (including phenoxy) is 1. The maximum Gasteiger partial charge on any atom is 0.495 e. The topological polar surface area (TPSA) is 27.7 Å². The van der Waals surface area contributed by atoms with Crippen LogP contribution in [0.2, 0.25) is 0 Å². The highest BCUT2D eigenvalue weighted by Gasteiger charge is 2.54. The summed E-state index contributed by atoms with van der Waals surface area (Å²) < 4.78 is 20.7. The summed E-state index contributed by atoms with van der Waals surface area (Å²) in [6.45, 7) is 8.44. The number of hydrogen-bond acceptors (Lipinski definition) is 4. The van der Waals surface area contributed by atoms with Gasteiger partial charge in [0.25, 0.3) is 0 Å². The first-order valence-corrected chi connectivity index (χ1v) is 11.0. The van der Waals surface area contributed by atoms with Crippen molar-refractivity contribution in [1.29, 1.82) is 0 Å². The van der Waals surface area contributed by atoms with Crippen LogP contribution < -0.4 is 4.74 Å². The van der Waals surface area contributed by atoms with Crippen molar-refractivity contribution in [2.45, 2.75) is 50.9 Å². The van der Waals surface area contributed by atoms with Gasteiger partial charge in [0.15, 0.2) is 0 Å². The van der Waals surface area contributed by atoms with Crippen LogP contribution in [-0.2, 0) is 9.31 Å². The summed E-state index contributed by atoms with van der Waals surface area (Å²) in [5.74, 6) is 1.15. The summed E-state index contributed by atoms with van der Waals surface area (Å²) in [5, 5.41) is 1.28. The van der Waals surface area contributed by atoms with Crippen molar-refractivity contribution >= 4 is 34.0 Å². The van der Waals surface area contributed by atoms with Crippen LogP contribution in [0.5, 0.6) is 5.75 Å². The minimum Gasteiger partial charge on any atom is -0.484 e. The number of hydrogen-bond donors (Lipinski definition) is 0. The molecule has 1 aliphatic carbocycles. The van der Waals surface area contributed by atoms with Crippen molar-refractivity contribution in [3.63, 3.8) is 0 Å². The van der Waals surface area contributed by atoms with E-state index in [1.807, 2.05) is 17.4 Å². The lowest BCUT2D eigenvalue weighted by molar-refractivity contribution is 0.00578. The number of para-hydroxylation sites is 1. The van der Waals surface area contributed by atoms with Crippen molar-refractivity contribution in [3.05, 3.63) is 70.6 Å². The van der Waals surface area contributed by atoms with Gasteiger partial charge >= 0.3 is 7.12 Å². The van der Waals surface area contributed by atoms with Gasteiger partial charge in [0.2, 0.25) is 0 Å². The van der Waals surface area contributed by atoms with E-state index >= 15 is 0 Å². The molecule has 2 unspecified atom stereocenters. The zero-order chi connectivity index (χ0) is 20.0. The molecule has 29 heavy (non-hydrogen) atoms. The van der Waals surface area contributed by atoms with Crippen molar-refractivity contribution in [2.24, 2.45) is 0 Å². The van der Waals surface area contributed by atoms with Gasteiger partial charge in [-0.1, -0.05) is 42.5 Å². The Labute approximate surface area is 175 Å². The minimum absolute atomic E-state index is 0.00437. The molecule has 0 amide bonds. The minimum atomic E-state index is -0.375. The van der Waals surface area contributed by atoms with E-state index in [0.717, 1.165) is 11.2 Å². The van der Waals surface area contributed by atoms with Gasteiger partial charge < -0.3 is 14.0 Å². The van der Waals surface area contributed by atoms with Crippen LogP contribution in [0.1, 0.15) is 55.7 Å². The zero-order valence-corrected chi connectivity index (χ0v) is 17.9. The molecule has 5 heteroatoms. The second-order valence-corrected chi connectivity index (χ2v) is 10.2. The quantitative estimate of drug-likeness (QED) is 0.457. The Balaban J connectivity index is 1.57. The lowest BCUT2D eigenvalue weighted by Gasteiger charge is -2.32. The molecule has 3 heterocycles. The van der Waals surface area contributed by atoms with Gasteiger partial charge in [-0.25, -0.2) is 0 Å². The summed E-state index contributed by atoms with van der Waals surface area (Å²) in [6.07, 6.45) is 2.33. The molecule has 0 spiro atoms. The van der Waals surface area contributed by atoms with Crippen molar-refractivity contribution in [3.8, 4) is 5.75 Å². The van der Waals surface area contributed by atoms with Crippen molar-refractivity contribution in [1.82, 2.24) is 0 Å². The van der Waals surface area contributed by atoms with Crippen LogP contribution in [0, 0.1) is 0 Å². The highest BCUT2D eigenvalue weighted by Crippen LogP contribution is 2.57. The van der Waals surface area contributed by atoms with Crippen LogP contribution in [0.25, 0.3) is 15.6 Å². The Kier molecular flexibility index (Phi) is 3.52. The molecule has 1 saturated heterocycles. The molecule has 2 aromatic carbocycles. The number of thiophene rings is 1. The molecule has 3 aromatic rings. The second-order valence-electron chi connectivity index (χ2n) is 9.15. The molecule has 146 valence electrons. The van der Waals surface area contributed by atoms with E-state index in [-0.39, 0.29) is 30.3 Å². The van der Waals surface area contributed by atoms with Gasteiger partial charge in [-0.15, -0.1) is 11.3 Å². The first kappa shape index (κ1) is 17.8. The third-order valence-electron chi connectivity index (χ3n) is 6.91. The molecule has 6 rings (SSSR count). The predicted molar refractivity (Wildman–Crippen MR) is 118 cm³/mol. The SMILES string of the molecule is CC1(C)OB(C2=CC3c4ccccc4OC3c3c2sc2ccccc32)OC1(C)C. The molecule has 3 aliphatic rings. The third-order valence-corrected chi connectivity index (χ3v) is 8.14. The number of benzene rings is 2. The largest absolute Gasteiger partial charge is 0.495 e. The molecule has 0 radical (unpaired) electrons. The molecule has 3 nitrogen and oxygen atoms in total. The highest BCUT2D eigenvalue weighted by atomic mass is 32.1. The smallest absolute Gasteiger partial charge is 0.484 e. The summed E-state index contributed by atoms with van der Waals surface area (Å²) in [5.41, 5.74) is 2.93. The fourth-order valence-electron chi connectivity index (χ4n) is 4.64. The molecule has 0 bridgehead atoms. The van der Waals surface area contributed by atoms with Crippen LogP contribution in [0.4, 0.5) is 0 Å². The molecule has 1 aromatic heterocycles. The maximum atomic E-state index is 6.48. The van der Waals surface area contributed by atoms with E-state index in [0.29, 0.717) is 0 Å². The molecule has 2 atom stereocenters. The van der Waals surface area contributed by atoms with Gasteiger partial charge in [0.05, 0.1) is 11.2 Å². The summed E-state index contributed by atoms with van der Waals surface area (Å²) in [4.78, 5) is 1.23. The fraction of sp³-hybridized carbons (Fsp3) is 0.333. The van der Waals surface area contributed by atoms with Crippen molar-refractivity contribution < 1.29 is 14.0 Å². The lowest BCUT2D eigenvalue weighted by Crippen LogP contribution is -2.41. The molecule has 1 fully saturated rings. The maximum absolute atomic E-state index is 6.48. The molecule has 0 N–H and O–H groups in total. The van der Waals surface area contributed by atoms with E-state index in [1.54, 1.807) is 0 Å². The summed E-state index contributed by atoms with van der Waals surface area (Å²) >= 11 is 1.81. The van der Waals surface area contributed by atoms with Crippen LogP contribution in [-0.4, -0.2) is 18.3 Å². The molecule has 2 aliphatic heterocycles. The average Bonchev–Trinajstić information content (AvgIpc) is 3.30. The summed E-state index contributed by atoms with van der Waals surface area (Å²) in [6, 6.07) is 17.0. The molecular weight excluding hydrogens is 379 g/mol. The van der Waals surface area contributed by atoms with Crippen LogP contribution >= 0.6 is 11.3 Å². The van der Waals surface area contributed by atoms with Crippen LogP contribution in [0.3, 0.4) is 0 Å². The summed E-state index contributed by atoms with van der Waals surface area (Å²) in [7, 11) is -0.375. The van der Waals surface area contributed by atoms with Gasteiger partial charge in [0, 0.05) is 26.6 Å². The number of rotatable bonds is 1. The van der Waals surface area contributed by atoms with Gasteiger partial charge in [0.1, 0.15) is 11.9 Å². The molecular formula is C24H23BO3S. The van der Waals surface area contributed by atoms with E-state index in [2.05, 4.69) is 76.2 Å². The fourth-order valence-corrected chi connectivity index (χ4v) is 5.91. The monoisotopic (exact) mass is 402 g/mol. The zero-order valence-electron chi connectivity index (χ0n) is 17.1. The highest BCUT2D eigenvalue weighted by molar-refractivity contribution is 7.21. The normalized spacial score (nSPS) is 25.9. The van der Waals surface area contributed by atoms with E-state index in [1.165, 1.54) is 26.1 Å². The van der Waals surface area contributed by atoms with Gasteiger partial charge in [-0.3, -0.25) is 0 Å². The first-order chi connectivity index (χ1) is 13.9. The van der Waals surface area contributed by atoms with E-state index in [9.17, 15) is 0 Å². The second kappa shape index (κ2) is 5.75. The Morgan fingerprint density at radius 2 is 1.59 bits per heavy atom. The third kappa shape index (κ3) is 2.38. The van der Waals surface area contributed by atoms with Crippen LogP contribution in [0.15, 0.2) is 54.6 Å². The molecule has 0 saturated carbocycles. The van der Waals surface area contributed by atoms with E-state index < -0.39 is 0 Å². The Morgan fingerprint density at radius 1 is 0.897 bits per heavy atom. The Bertz CT molecular complexity index is 1160. The first-order valence-electron chi connectivity index (χ1n) is 10.2. The Hall–Kier alpha value is -2.08. The lowest BCUT2D eigenvalue weighted by atomic mass is 9.69. The van der Waals surface area contributed by atoms with Crippen molar-refractivity contribution in [2.75, 3.05) is 0 Å². The van der Waals surface area contributed by atoms with Gasteiger partial charge in [-0.05, 0) is 50.7 Å².